The van der Waals surface area contributed by atoms with Gasteiger partial charge in [0.2, 0.25) is 0 Å². The molecule has 1 aromatic rings. The number of aromatic nitrogens is 1. The lowest BCUT2D eigenvalue weighted by Crippen LogP contribution is -2.32. The first kappa shape index (κ1) is 12.9. The van der Waals surface area contributed by atoms with E-state index in [9.17, 15) is 0 Å². The van der Waals surface area contributed by atoms with Crippen molar-refractivity contribution in [2.75, 3.05) is 5.32 Å². The molecule has 1 unspecified atom stereocenters. The van der Waals surface area contributed by atoms with Crippen LogP contribution in [0.1, 0.15) is 45.1 Å². The lowest BCUT2D eigenvalue weighted by Gasteiger charge is -2.36. The molecular weight excluding hydrogens is 276 g/mol. The smallest absolute Gasteiger partial charge is 0.129 e. The maximum atomic E-state index is 4.46. The molecule has 1 heterocycles. The van der Waals surface area contributed by atoms with Crippen LogP contribution in [0.2, 0.25) is 0 Å². The van der Waals surface area contributed by atoms with Crippen LogP contribution in [0.5, 0.6) is 0 Å². The van der Waals surface area contributed by atoms with E-state index in [1.54, 1.807) is 0 Å². The van der Waals surface area contributed by atoms with Gasteiger partial charge in [-0.3, -0.25) is 0 Å². The number of hydrogen-bond acceptors (Lipinski definition) is 2. The summed E-state index contributed by atoms with van der Waals surface area (Å²) in [5.74, 6) is 1.04. The second-order valence-electron chi connectivity index (χ2n) is 5.92. The highest BCUT2D eigenvalue weighted by molar-refractivity contribution is 9.10. The summed E-state index contributed by atoms with van der Waals surface area (Å²) in [7, 11) is 0. The third-order valence-corrected chi connectivity index (χ3v) is 4.02. The molecule has 0 spiro atoms. The fourth-order valence-corrected chi connectivity index (χ4v) is 3.15. The molecule has 3 heteroatoms. The zero-order valence-corrected chi connectivity index (χ0v) is 12.5. The van der Waals surface area contributed by atoms with Gasteiger partial charge in [0.05, 0.1) is 0 Å². The topological polar surface area (TPSA) is 24.9 Å². The van der Waals surface area contributed by atoms with Crippen LogP contribution in [-0.2, 0) is 0 Å². The van der Waals surface area contributed by atoms with Gasteiger partial charge in [-0.05, 0) is 59.2 Å². The van der Waals surface area contributed by atoms with Crippen LogP contribution in [0.15, 0.2) is 16.7 Å². The highest BCUT2D eigenvalue weighted by Gasteiger charge is 2.28. The Bertz CT molecular complexity index is 401. The van der Waals surface area contributed by atoms with Crippen LogP contribution in [-0.4, -0.2) is 11.0 Å². The van der Waals surface area contributed by atoms with E-state index >= 15 is 0 Å². The quantitative estimate of drug-likeness (QED) is 0.867. The Morgan fingerprint density at radius 2 is 2.24 bits per heavy atom. The highest BCUT2D eigenvalue weighted by Crippen LogP contribution is 2.36. The Kier molecular flexibility index (Phi) is 3.76. The van der Waals surface area contributed by atoms with E-state index in [4.69, 9.17) is 0 Å². The maximum absolute atomic E-state index is 4.46. The summed E-state index contributed by atoms with van der Waals surface area (Å²) in [6.07, 6.45) is 7.03. The number of pyridine rings is 1. The van der Waals surface area contributed by atoms with Gasteiger partial charge in [-0.2, -0.15) is 0 Å². The van der Waals surface area contributed by atoms with E-state index < -0.39 is 0 Å². The molecule has 2 nitrogen and oxygen atoms in total. The van der Waals surface area contributed by atoms with Crippen molar-refractivity contribution >= 4 is 21.7 Å². The van der Waals surface area contributed by atoms with E-state index in [2.05, 4.69) is 53.1 Å². The summed E-state index contributed by atoms with van der Waals surface area (Å²) in [5, 5.41) is 3.60. The lowest BCUT2D eigenvalue weighted by atomic mass is 9.75. The second kappa shape index (κ2) is 4.97. The van der Waals surface area contributed by atoms with Crippen LogP contribution >= 0.6 is 15.9 Å². The van der Waals surface area contributed by atoms with Gasteiger partial charge >= 0.3 is 0 Å². The fourth-order valence-electron chi connectivity index (χ4n) is 2.71. The Labute approximate surface area is 112 Å². The van der Waals surface area contributed by atoms with Crippen molar-refractivity contribution in [2.24, 2.45) is 5.41 Å². The fraction of sp³-hybridized carbons (Fsp3) is 0.643. The molecule has 1 aliphatic rings. The van der Waals surface area contributed by atoms with Crippen LogP contribution in [0.3, 0.4) is 0 Å². The standard InChI is InChI=1S/C14H21BrN2/c1-10-7-11(15)9-16-13(10)17-12-5-4-6-14(2,3)8-12/h7,9,12H,4-6,8H2,1-3H3,(H,16,17). The van der Waals surface area contributed by atoms with Crippen LogP contribution in [0, 0.1) is 12.3 Å². The number of halogens is 1. The van der Waals surface area contributed by atoms with Gasteiger partial charge in [0.1, 0.15) is 5.82 Å². The highest BCUT2D eigenvalue weighted by atomic mass is 79.9. The molecule has 0 amide bonds. The zero-order valence-electron chi connectivity index (χ0n) is 10.9. The molecule has 17 heavy (non-hydrogen) atoms. The third kappa shape index (κ3) is 3.44. The molecule has 0 aromatic carbocycles. The molecule has 0 radical (unpaired) electrons. The number of hydrogen-bond donors (Lipinski definition) is 1. The van der Waals surface area contributed by atoms with Crippen molar-refractivity contribution < 1.29 is 0 Å². The van der Waals surface area contributed by atoms with Crippen LogP contribution in [0.4, 0.5) is 5.82 Å². The molecule has 1 aromatic heterocycles. The van der Waals surface area contributed by atoms with Gasteiger partial charge in [-0.25, -0.2) is 4.98 Å². The summed E-state index contributed by atoms with van der Waals surface area (Å²) in [4.78, 5) is 4.46. The van der Waals surface area contributed by atoms with Crippen molar-refractivity contribution in [3.63, 3.8) is 0 Å². The number of nitrogens with one attached hydrogen (secondary N) is 1. The van der Waals surface area contributed by atoms with Gasteiger partial charge in [0, 0.05) is 16.7 Å². The second-order valence-corrected chi connectivity index (χ2v) is 6.84. The summed E-state index contributed by atoms with van der Waals surface area (Å²) in [5.41, 5.74) is 1.68. The summed E-state index contributed by atoms with van der Waals surface area (Å²) >= 11 is 3.45. The Hall–Kier alpha value is -0.570. The Balaban J connectivity index is 2.05. The minimum absolute atomic E-state index is 0.471. The Morgan fingerprint density at radius 1 is 1.47 bits per heavy atom. The summed E-state index contributed by atoms with van der Waals surface area (Å²) in [6, 6.07) is 2.69. The minimum atomic E-state index is 0.471. The normalized spacial score (nSPS) is 23.4. The average Bonchev–Trinajstić information content (AvgIpc) is 2.21. The number of nitrogens with zero attached hydrogens (tertiary/aromatic N) is 1. The van der Waals surface area contributed by atoms with Crippen LogP contribution in [0.25, 0.3) is 0 Å². The van der Waals surface area contributed by atoms with Gasteiger partial charge in [-0.1, -0.05) is 20.3 Å². The molecule has 1 fully saturated rings. The van der Waals surface area contributed by atoms with Crippen LogP contribution < -0.4 is 5.32 Å². The largest absolute Gasteiger partial charge is 0.367 e. The molecule has 2 rings (SSSR count). The monoisotopic (exact) mass is 296 g/mol. The first-order valence-corrected chi connectivity index (χ1v) is 7.14. The molecule has 94 valence electrons. The van der Waals surface area contributed by atoms with Crippen molar-refractivity contribution in [3.05, 3.63) is 22.3 Å². The first-order valence-electron chi connectivity index (χ1n) is 6.35. The van der Waals surface area contributed by atoms with Gasteiger partial charge in [0.15, 0.2) is 0 Å². The van der Waals surface area contributed by atoms with Crippen molar-refractivity contribution in [1.29, 1.82) is 0 Å². The molecule has 1 saturated carbocycles. The SMILES string of the molecule is Cc1cc(Br)cnc1NC1CCCC(C)(C)C1. The first-order chi connectivity index (χ1) is 7.96. The average molecular weight is 297 g/mol. The molecular formula is C14H21BrN2. The number of rotatable bonds is 2. The van der Waals surface area contributed by atoms with Crippen molar-refractivity contribution in [3.8, 4) is 0 Å². The van der Waals surface area contributed by atoms with Crippen molar-refractivity contribution in [2.45, 2.75) is 52.5 Å². The molecule has 1 aliphatic carbocycles. The van der Waals surface area contributed by atoms with E-state index in [0.717, 1.165) is 10.3 Å². The third-order valence-electron chi connectivity index (χ3n) is 3.59. The molecule has 0 bridgehead atoms. The zero-order chi connectivity index (χ0) is 12.5. The van der Waals surface area contributed by atoms with E-state index in [1.807, 2.05) is 6.20 Å². The van der Waals surface area contributed by atoms with E-state index in [-0.39, 0.29) is 0 Å². The van der Waals surface area contributed by atoms with E-state index in [1.165, 1.54) is 31.2 Å². The van der Waals surface area contributed by atoms with Gasteiger partial charge in [0.25, 0.3) is 0 Å². The lowest BCUT2D eigenvalue weighted by molar-refractivity contribution is 0.229. The Morgan fingerprint density at radius 3 is 2.88 bits per heavy atom. The molecule has 1 atom stereocenters. The van der Waals surface area contributed by atoms with Gasteiger partial charge in [-0.15, -0.1) is 0 Å². The predicted molar refractivity (Wildman–Crippen MR) is 76.3 cm³/mol. The molecule has 0 saturated heterocycles. The summed E-state index contributed by atoms with van der Waals surface area (Å²) < 4.78 is 1.05. The number of anilines is 1. The maximum Gasteiger partial charge on any atom is 0.129 e. The summed E-state index contributed by atoms with van der Waals surface area (Å²) in [6.45, 7) is 6.83. The molecule has 0 aliphatic heterocycles. The molecule has 1 N–H and O–H groups in total. The van der Waals surface area contributed by atoms with Gasteiger partial charge < -0.3 is 5.32 Å². The van der Waals surface area contributed by atoms with E-state index in [0.29, 0.717) is 11.5 Å². The number of aryl methyl sites for hydroxylation is 1. The minimum Gasteiger partial charge on any atom is -0.367 e. The predicted octanol–water partition coefficient (Wildman–Crippen LogP) is 4.53. The van der Waals surface area contributed by atoms with Crippen molar-refractivity contribution in [1.82, 2.24) is 4.98 Å².